The van der Waals surface area contributed by atoms with E-state index in [1.54, 1.807) is 24.3 Å². The van der Waals surface area contributed by atoms with Gasteiger partial charge in [0, 0.05) is 11.8 Å². The van der Waals surface area contributed by atoms with Gasteiger partial charge in [0.15, 0.2) is 5.76 Å². The van der Waals surface area contributed by atoms with Gasteiger partial charge in [0.25, 0.3) is 5.91 Å². The molecule has 2 aromatic rings. The maximum Gasteiger partial charge on any atom is 0.255 e. The SMILES string of the molecule is COc1ccc(N)cc1C(=O)NCc1cc(C)no1. The van der Waals surface area contributed by atoms with E-state index in [1.165, 1.54) is 7.11 Å². The standard InChI is InChI=1S/C13H15N3O3/c1-8-5-10(19-16-8)7-15-13(17)11-6-9(14)3-4-12(11)18-2/h3-6H,7,14H2,1-2H3,(H,15,17). The van der Waals surface area contributed by atoms with Crippen LogP contribution in [0, 0.1) is 6.92 Å². The molecule has 0 aliphatic carbocycles. The Labute approximate surface area is 110 Å². The molecule has 0 radical (unpaired) electrons. The summed E-state index contributed by atoms with van der Waals surface area (Å²) in [5.41, 5.74) is 7.32. The number of carbonyl (C=O) groups is 1. The predicted octanol–water partition coefficient (Wildman–Crippen LogP) is 1.50. The summed E-state index contributed by atoms with van der Waals surface area (Å²) in [7, 11) is 1.50. The van der Waals surface area contributed by atoms with Crippen LogP contribution >= 0.6 is 0 Å². The lowest BCUT2D eigenvalue weighted by Gasteiger charge is -2.09. The Balaban J connectivity index is 2.09. The zero-order valence-corrected chi connectivity index (χ0v) is 10.8. The number of methoxy groups -OCH3 is 1. The van der Waals surface area contributed by atoms with Gasteiger partial charge in [-0.25, -0.2) is 0 Å². The number of nitrogen functional groups attached to an aromatic ring is 1. The van der Waals surface area contributed by atoms with Crippen LogP contribution in [-0.4, -0.2) is 18.2 Å². The topological polar surface area (TPSA) is 90.4 Å². The molecule has 0 fully saturated rings. The number of rotatable bonds is 4. The van der Waals surface area contributed by atoms with Crippen LogP contribution in [0.3, 0.4) is 0 Å². The maximum absolute atomic E-state index is 12.0. The van der Waals surface area contributed by atoms with Crippen molar-refractivity contribution in [1.29, 1.82) is 0 Å². The Morgan fingerprint density at radius 1 is 1.47 bits per heavy atom. The highest BCUT2D eigenvalue weighted by molar-refractivity contribution is 5.97. The number of anilines is 1. The van der Waals surface area contributed by atoms with Crippen LogP contribution in [0.5, 0.6) is 5.75 Å². The first-order chi connectivity index (χ1) is 9.10. The minimum Gasteiger partial charge on any atom is -0.496 e. The molecule has 0 unspecified atom stereocenters. The number of benzene rings is 1. The van der Waals surface area contributed by atoms with Crippen LogP contribution < -0.4 is 15.8 Å². The van der Waals surface area contributed by atoms with E-state index in [1.807, 2.05) is 6.92 Å². The number of hydrogen-bond acceptors (Lipinski definition) is 5. The monoisotopic (exact) mass is 261 g/mol. The normalized spacial score (nSPS) is 10.2. The van der Waals surface area contributed by atoms with Crippen LogP contribution in [0.1, 0.15) is 21.8 Å². The van der Waals surface area contributed by atoms with E-state index in [9.17, 15) is 4.79 Å². The molecule has 0 atom stereocenters. The van der Waals surface area contributed by atoms with Crippen molar-refractivity contribution < 1.29 is 14.1 Å². The molecule has 3 N–H and O–H groups in total. The van der Waals surface area contributed by atoms with Gasteiger partial charge in [-0.15, -0.1) is 0 Å². The first kappa shape index (κ1) is 12.9. The van der Waals surface area contributed by atoms with Crippen molar-refractivity contribution in [2.45, 2.75) is 13.5 Å². The summed E-state index contributed by atoms with van der Waals surface area (Å²) in [4.78, 5) is 12.0. The molecule has 19 heavy (non-hydrogen) atoms. The molecule has 6 heteroatoms. The van der Waals surface area contributed by atoms with E-state index in [0.717, 1.165) is 5.69 Å². The molecular weight excluding hydrogens is 246 g/mol. The van der Waals surface area contributed by atoms with E-state index in [-0.39, 0.29) is 12.5 Å². The van der Waals surface area contributed by atoms with Gasteiger partial charge < -0.3 is 20.3 Å². The third-order valence-electron chi connectivity index (χ3n) is 2.57. The Hall–Kier alpha value is -2.50. The number of nitrogens with one attached hydrogen (secondary N) is 1. The fraction of sp³-hybridized carbons (Fsp3) is 0.231. The van der Waals surface area contributed by atoms with Gasteiger partial charge in [-0.2, -0.15) is 0 Å². The quantitative estimate of drug-likeness (QED) is 0.814. The molecule has 0 saturated carbocycles. The molecule has 0 aliphatic heterocycles. The highest BCUT2D eigenvalue weighted by Gasteiger charge is 2.13. The largest absolute Gasteiger partial charge is 0.496 e. The number of nitrogens with two attached hydrogens (primary N) is 1. The summed E-state index contributed by atoms with van der Waals surface area (Å²) in [5, 5.41) is 6.47. The number of amides is 1. The molecule has 6 nitrogen and oxygen atoms in total. The zero-order chi connectivity index (χ0) is 13.8. The van der Waals surface area contributed by atoms with E-state index in [4.69, 9.17) is 15.0 Å². The van der Waals surface area contributed by atoms with E-state index in [2.05, 4.69) is 10.5 Å². The molecule has 0 saturated heterocycles. The third kappa shape index (κ3) is 3.04. The van der Waals surface area contributed by atoms with Gasteiger partial charge in [-0.3, -0.25) is 4.79 Å². The summed E-state index contributed by atoms with van der Waals surface area (Å²) in [6, 6.07) is 6.66. The van der Waals surface area contributed by atoms with Gasteiger partial charge in [-0.1, -0.05) is 5.16 Å². The molecule has 0 spiro atoms. The van der Waals surface area contributed by atoms with Gasteiger partial charge >= 0.3 is 0 Å². The predicted molar refractivity (Wildman–Crippen MR) is 69.8 cm³/mol. The third-order valence-corrected chi connectivity index (χ3v) is 2.57. The number of aryl methyl sites for hydroxylation is 1. The zero-order valence-electron chi connectivity index (χ0n) is 10.8. The van der Waals surface area contributed by atoms with Crippen LogP contribution in [-0.2, 0) is 6.54 Å². The van der Waals surface area contributed by atoms with Gasteiger partial charge in [0.1, 0.15) is 5.75 Å². The van der Waals surface area contributed by atoms with Crippen molar-refractivity contribution in [3.8, 4) is 5.75 Å². The van der Waals surface area contributed by atoms with E-state index >= 15 is 0 Å². The number of ether oxygens (including phenoxy) is 1. The minimum absolute atomic E-state index is 0.262. The highest BCUT2D eigenvalue weighted by Crippen LogP contribution is 2.20. The highest BCUT2D eigenvalue weighted by atomic mass is 16.5. The summed E-state index contributed by atoms with van der Waals surface area (Å²) in [6.45, 7) is 2.08. The number of nitrogens with zero attached hydrogens (tertiary/aromatic N) is 1. The molecule has 1 heterocycles. The molecule has 0 aliphatic rings. The lowest BCUT2D eigenvalue weighted by Crippen LogP contribution is -2.23. The first-order valence-corrected chi connectivity index (χ1v) is 5.74. The Morgan fingerprint density at radius 2 is 2.26 bits per heavy atom. The van der Waals surface area contributed by atoms with Crippen LogP contribution in [0.4, 0.5) is 5.69 Å². The van der Waals surface area contributed by atoms with Gasteiger partial charge in [0.2, 0.25) is 0 Å². The fourth-order valence-corrected chi connectivity index (χ4v) is 1.67. The Kier molecular flexibility index (Phi) is 3.70. The molecule has 1 aromatic heterocycles. The minimum atomic E-state index is -0.279. The second-order valence-corrected chi connectivity index (χ2v) is 4.08. The molecular formula is C13H15N3O3. The first-order valence-electron chi connectivity index (χ1n) is 5.74. The van der Waals surface area contributed by atoms with Crippen molar-refractivity contribution in [2.24, 2.45) is 0 Å². The summed E-state index contributed by atoms with van der Waals surface area (Å²) >= 11 is 0. The smallest absolute Gasteiger partial charge is 0.255 e. The van der Waals surface area contributed by atoms with Crippen molar-refractivity contribution in [3.63, 3.8) is 0 Å². The number of carbonyl (C=O) groups excluding carboxylic acids is 1. The van der Waals surface area contributed by atoms with Crippen molar-refractivity contribution in [3.05, 3.63) is 41.3 Å². The Morgan fingerprint density at radius 3 is 2.89 bits per heavy atom. The lowest BCUT2D eigenvalue weighted by molar-refractivity contribution is 0.0944. The van der Waals surface area contributed by atoms with Crippen LogP contribution in [0.25, 0.3) is 0 Å². The van der Waals surface area contributed by atoms with Gasteiger partial charge in [0.05, 0.1) is 24.9 Å². The average Bonchev–Trinajstić information content (AvgIpc) is 2.81. The molecule has 1 amide bonds. The molecule has 1 aromatic carbocycles. The average molecular weight is 261 g/mol. The summed E-state index contributed by atoms with van der Waals surface area (Å²) in [5.74, 6) is 0.785. The van der Waals surface area contributed by atoms with Crippen molar-refractivity contribution >= 4 is 11.6 Å². The summed E-state index contributed by atoms with van der Waals surface area (Å²) < 4.78 is 10.1. The van der Waals surface area contributed by atoms with E-state index in [0.29, 0.717) is 22.8 Å². The van der Waals surface area contributed by atoms with Crippen molar-refractivity contribution in [2.75, 3.05) is 12.8 Å². The van der Waals surface area contributed by atoms with Crippen LogP contribution in [0.2, 0.25) is 0 Å². The molecule has 0 bridgehead atoms. The second kappa shape index (κ2) is 5.43. The maximum atomic E-state index is 12.0. The van der Waals surface area contributed by atoms with Gasteiger partial charge in [-0.05, 0) is 25.1 Å². The summed E-state index contributed by atoms with van der Waals surface area (Å²) in [6.07, 6.45) is 0. The Bertz CT molecular complexity index is 593. The fourth-order valence-electron chi connectivity index (χ4n) is 1.67. The van der Waals surface area contributed by atoms with E-state index < -0.39 is 0 Å². The molecule has 2 rings (SSSR count). The second-order valence-electron chi connectivity index (χ2n) is 4.08. The number of aromatic nitrogens is 1. The van der Waals surface area contributed by atoms with Crippen molar-refractivity contribution in [1.82, 2.24) is 10.5 Å². The van der Waals surface area contributed by atoms with Crippen LogP contribution in [0.15, 0.2) is 28.8 Å². The lowest BCUT2D eigenvalue weighted by atomic mass is 10.1. The number of hydrogen-bond donors (Lipinski definition) is 2. The molecule has 100 valence electrons.